The van der Waals surface area contributed by atoms with Crippen LogP contribution in [0.5, 0.6) is 0 Å². The highest BCUT2D eigenvalue weighted by molar-refractivity contribution is 6.31. The molecule has 174 valence electrons. The molecule has 2 heterocycles. The first-order valence-corrected chi connectivity index (χ1v) is 11.4. The first-order chi connectivity index (χ1) is 16.0. The quantitative estimate of drug-likeness (QED) is 0.514. The lowest BCUT2D eigenvalue weighted by molar-refractivity contribution is -0.131. The van der Waals surface area contributed by atoms with Gasteiger partial charge in [0.2, 0.25) is 5.91 Å². The Morgan fingerprint density at radius 3 is 2.70 bits per heavy atom. The van der Waals surface area contributed by atoms with Gasteiger partial charge in [0, 0.05) is 48.8 Å². The molecule has 1 fully saturated rings. The zero-order chi connectivity index (χ0) is 23.4. The highest BCUT2D eigenvalue weighted by atomic mass is 35.5. The van der Waals surface area contributed by atoms with Crippen molar-refractivity contribution in [1.82, 2.24) is 10.3 Å². The first kappa shape index (κ1) is 23.3. The zero-order valence-corrected chi connectivity index (χ0v) is 19.5. The summed E-state index contributed by atoms with van der Waals surface area (Å²) in [6.07, 6.45) is 1.06. The van der Waals surface area contributed by atoms with Crippen molar-refractivity contribution in [2.24, 2.45) is 5.92 Å². The van der Waals surface area contributed by atoms with E-state index in [1.807, 2.05) is 47.4 Å². The third-order valence-corrected chi connectivity index (χ3v) is 6.33. The number of amides is 1. The molecular formula is C25H28ClN3O4. The fourth-order valence-corrected chi connectivity index (χ4v) is 4.61. The van der Waals surface area contributed by atoms with Crippen LogP contribution in [0.15, 0.2) is 53.3 Å². The van der Waals surface area contributed by atoms with Gasteiger partial charge in [-0.1, -0.05) is 41.9 Å². The maximum atomic E-state index is 13.3. The van der Waals surface area contributed by atoms with E-state index in [-0.39, 0.29) is 23.9 Å². The van der Waals surface area contributed by atoms with E-state index in [1.165, 1.54) is 14.2 Å². The van der Waals surface area contributed by atoms with Crippen LogP contribution < -0.4 is 15.8 Å². The van der Waals surface area contributed by atoms with Gasteiger partial charge in [0.15, 0.2) is 6.29 Å². The number of piperidine rings is 1. The van der Waals surface area contributed by atoms with Crippen LogP contribution in [0.25, 0.3) is 22.0 Å². The van der Waals surface area contributed by atoms with Crippen LogP contribution in [-0.2, 0) is 14.3 Å². The number of halogens is 1. The molecule has 4 rings (SSSR count). The average Bonchev–Trinajstić information content (AvgIpc) is 2.84. The van der Waals surface area contributed by atoms with Crippen LogP contribution in [0, 0.1) is 5.92 Å². The van der Waals surface area contributed by atoms with Crippen molar-refractivity contribution in [2.45, 2.75) is 19.1 Å². The van der Waals surface area contributed by atoms with Gasteiger partial charge in [-0.25, -0.2) is 0 Å². The van der Waals surface area contributed by atoms with Gasteiger partial charge in [0.25, 0.3) is 5.56 Å². The molecule has 0 radical (unpaired) electrons. The SMILES string of the molecule is COC(CNC(=O)C1CCCN(c2c(-c3ccccc3)c3cc(Cl)ccc3[nH]c2=O)C1)OC. The van der Waals surface area contributed by atoms with Gasteiger partial charge in [0.05, 0.1) is 12.5 Å². The van der Waals surface area contributed by atoms with Gasteiger partial charge in [-0.3, -0.25) is 9.59 Å². The Morgan fingerprint density at radius 1 is 1.21 bits per heavy atom. The minimum Gasteiger partial charge on any atom is -0.366 e. The highest BCUT2D eigenvalue weighted by Gasteiger charge is 2.29. The molecular weight excluding hydrogens is 442 g/mol. The molecule has 8 heteroatoms. The number of benzene rings is 2. The molecule has 2 N–H and O–H groups in total. The number of anilines is 1. The number of nitrogens with one attached hydrogen (secondary N) is 2. The Bertz CT molecular complexity index is 1180. The summed E-state index contributed by atoms with van der Waals surface area (Å²) in [7, 11) is 3.07. The number of carbonyl (C=O) groups is 1. The van der Waals surface area contributed by atoms with E-state index in [4.69, 9.17) is 21.1 Å². The minimum absolute atomic E-state index is 0.0691. The van der Waals surface area contributed by atoms with Crippen molar-refractivity contribution >= 4 is 34.1 Å². The summed E-state index contributed by atoms with van der Waals surface area (Å²) in [5.41, 5.74) is 2.88. The number of hydrogen-bond donors (Lipinski definition) is 2. The molecule has 1 aliphatic rings. The Hall–Kier alpha value is -2.87. The van der Waals surface area contributed by atoms with Gasteiger partial charge in [-0.15, -0.1) is 0 Å². The summed E-state index contributed by atoms with van der Waals surface area (Å²) >= 11 is 6.33. The molecule has 1 saturated heterocycles. The van der Waals surface area contributed by atoms with E-state index in [9.17, 15) is 9.59 Å². The third kappa shape index (κ3) is 5.05. The number of fused-ring (bicyclic) bond motifs is 1. The molecule has 1 amide bonds. The molecule has 33 heavy (non-hydrogen) atoms. The maximum absolute atomic E-state index is 13.3. The average molecular weight is 470 g/mol. The predicted molar refractivity (Wildman–Crippen MR) is 131 cm³/mol. The van der Waals surface area contributed by atoms with Crippen LogP contribution in [0.2, 0.25) is 5.02 Å². The number of nitrogens with zero attached hydrogens (tertiary/aromatic N) is 1. The summed E-state index contributed by atoms with van der Waals surface area (Å²) in [5, 5.41) is 4.38. The molecule has 2 aromatic carbocycles. The van der Waals surface area contributed by atoms with Crippen LogP contribution in [0.4, 0.5) is 5.69 Å². The second-order valence-corrected chi connectivity index (χ2v) is 8.60. The predicted octanol–water partition coefficient (Wildman–Crippen LogP) is 3.80. The van der Waals surface area contributed by atoms with Gasteiger partial charge >= 0.3 is 0 Å². The van der Waals surface area contributed by atoms with Crippen molar-refractivity contribution in [3.8, 4) is 11.1 Å². The number of aromatic amines is 1. The highest BCUT2D eigenvalue weighted by Crippen LogP contribution is 2.37. The number of pyridine rings is 1. The monoisotopic (exact) mass is 469 g/mol. The van der Waals surface area contributed by atoms with E-state index in [0.29, 0.717) is 23.8 Å². The molecule has 0 bridgehead atoms. The maximum Gasteiger partial charge on any atom is 0.272 e. The summed E-state index contributed by atoms with van der Waals surface area (Å²) in [6, 6.07) is 15.3. The molecule has 1 unspecified atom stereocenters. The summed E-state index contributed by atoms with van der Waals surface area (Å²) < 4.78 is 10.3. The van der Waals surface area contributed by atoms with Crippen molar-refractivity contribution in [3.05, 3.63) is 63.9 Å². The molecule has 1 aromatic heterocycles. The largest absolute Gasteiger partial charge is 0.366 e. The Morgan fingerprint density at radius 2 is 1.97 bits per heavy atom. The Balaban J connectivity index is 1.71. The van der Waals surface area contributed by atoms with Crippen LogP contribution >= 0.6 is 11.6 Å². The lowest BCUT2D eigenvalue weighted by Crippen LogP contribution is -2.46. The van der Waals surface area contributed by atoms with E-state index in [2.05, 4.69) is 10.3 Å². The molecule has 0 saturated carbocycles. The fourth-order valence-electron chi connectivity index (χ4n) is 4.44. The topological polar surface area (TPSA) is 83.7 Å². The number of methoxy groups -OCH3 is 2. The fraction of sp³-hybridized carbons (Fsp3) is 0.360. The third-order valence-electron chi connectivity index (χ3n) is 6.09. The molecule has 7 nitrogen and oxygen atoms in total. The molecule has 1 atom stereocenters. The number of H-pyrrole nitrogens is 1. The minimum atomic E-state index is -0.494. The van der Waals surface area contributed by atoms with Crippen molar-refractivity contribution in [2.75, 3.05) is 38.8 Å². The number of aromatic nitrogens is 1. The van der Waals surface area contributed by atoms with Crippen LogP contribution in [-0.4, -0.2) is 51.0 Å². The lowest BCUT2D eigenvalue weighted by Gasteiger charge is -2.34. The lowest BCUT2D eigenvalue weighted by atomic mass is 9.94. The van der Waals surface area contributed by atoms with E-state index >= 15 is 0 Å². The Labute approximate surface area is 197 Å². The van der Waals surface area contributed by atoms with Gasteiger partial charge in [0.1, 0.15) is 5.69 Å². The first-order valence-electron chi connectivity index (χ1n) is 11.0. The standard InChI is InChI=1S/C25H28ClN3O4/c1-32-21(33-2)14-27-24(30)17-9-6-12-29(15-17)23-22(16-7-4-3-5-8-16)19-13-18(26)10-11-20(19)28-25(23)31/h3-5,7-8,10-11,13,17,21H,6,9,12,14-15H2,1-2H3,(H,27,30)(H,28,31). The van der Waals surface area contributed by atoms with Crippen molar-refractivity contribution < 1.29 is 14.3 Å². The van der Waals surface area contributed by atoms with Gasteiger partial charge < -0.3 is 24.7 Å². The Kier molecular flexibility index (Phi) is 7.33. The molecule has 0 aliphatic carbocycles. The summed E-state index contributed by atoms with van der Waals surface area (Å²) in [4.78, 5) is 31.2. The van der Waals surface area contributed by atoms with Gasteiger partial charge in [-0.2, -0.15) is 0 Å². The van der Waals surface area contributed by atoms with Crippen LogP contribution in [0.1, 0.15) is 12.8 Å². The number of carbonyl (C=O) groups excluding carboxylic acids is 1. The normalized spacial score (nSPS) is 16.4. The van der Waals surface area contributed by atoms with Crippen molar-refractivity contribution in [3.63, 3.8) is 0 Å². The molecule has 3 aromatic rings. The summed E-state index contributed by atoms with van der Waals surface area (Å²) in [5.74, 6) is -0.313. The number of hydrogen-bond acceptors (Lipinski definition) is 5. The van der Waals surface area contributed by atoms with Gasteiger partial charge in [-0.05, 0) is 36.6 Å². The number of rotatable bonds is 7. The van der Waals surface area contributed by atoms with Crippen LogP contribution in [0.3, 0.4) is 0 Å². The van der Waals surface area contributed by atoms with Crippen molar-refractivity contribution in [1.29, 1.82) is 0 Å². The molecule has 1 aliphatic heterocycles. The van der Waals surface area contributed by atoms with E-state index in [1.54, 1.807) is 6.07 Å². The van der Waals surface area contributed by atoms with E-state index in [0.717, 1.165) is 34.9 Å². The van der Waals surface area contributed by atoms with E-state index < -0.39 is 6.29 Å². The summed E-state index contributed by atoms with van der Waals surface area (Å²) in [6.45, 7) is 1.41. The molecule has 0 spiro atoms. The second kappa shape index (κ2) is 10.4. The number of ether oxygens (including phenoxy) is 2. The zero-order valence-electron chi connectivity index (χ0n) is 18.8. The smallest absolute Gasteiger partial charge is 0.272 e. The second-order valence-electron chi connectivity index (χ2n) is 8.16.